The number of para-hydroxylation sites is 2. The molecular weight excluding hydrogens is 470 g/mol. The van der Waals surface area contributed by atoms with Crippen molar-refractivity contribution in [3.8, 4) is 11.5 Å². The van der Waals surface area contributed by atoms with Crippen molar-refractivity contribution >= 4 is 22.7 Å². The van der Waals surface area contributed by atoms with Gasteiger partial charge in [-0.15, -0.1) is 0 Å². The van der Waals surface area contributed by atoms with Crippen LogP contribution in [0.25, 0.3) is 10.9 Å². The number of fused-ring (bicyclic) bond motifs is 5. The average molecular weight is 506 g/mol. The summed E-state index contributed by atoms with van der Waals surface area (Å²) in [6.07, 6.45) is 2.25. The van der Waals surface area contributed by atoms with Gasteiger partial charge in [-0.25, -0.2) is 0 Å². The number of unbranched alkanes of at least 4 members (excludes halogenated alkanes) is 2. The Labute approximate surface area is 217 Å². The number of H-pyrrole nitrogens is 1. The number of aromatic amines is 1. The number of ether oxygens (including phenoxy) is 2. The van der Waals surface area contributed by atoms with Crippen LogP contribution in [0.1, 0.15) is 55.8 Å². The summed E-state index contributed by atoms with van der Waals surface area (Å²) >= 11 is 0. The van der Waals surface area contributed by atoms with E-state index in [1.54, 1.807) is 16.9 Å². The van der Waals surface area contributed by atoms with Crippen LogP contribution >= 0.6 is 0 Å². The molecule has 8 nitrogen and oxygen atoms in total. The number of methoxy groups -OCH3 is 1. The number of hydrogen-bond acceptors (Lipinski definition) is 5. The van der Waals surface area contributed by atoms with Crippen molar-refractivity contribution in [2.75, 3.05) is 40.0 Å². The van der Waals surface area contributed by atoms with Crippen LogP contribution in [0.2, 0.25) is 0 Å². The summed E-state index contributed by atoms with van der Waals surface area (Å²) < 4.78 is 11.7. The summed E-state index contributed by atoms with van der Waals surface area (Å²) in [4.78, 5) is 34.7. The minimum atomic E-state index is -1.14. The second-order valence-corrected chi connectivity index (χ2v) is 9.91. The second-order valence-electron chi connectivity index (χ2n) is 9.91. The van der Waals surface area contributed by atoms with Gasteiger partial charge in [-0.1, -0.05) is 30.3 Å². The normalized spacial score (nSPS) is 21.2. The van der Waals surface area contributed by atoms with Gasteiger partial charge in [-0.3, -0.25) is 9.59 Å². The zero-order chi connectivity index (χ0) is 26.2. The molecule has 2 amide bonds. The SMILES string of the molecule is CCOc1c(OC)cccc1C1CN2C(=O)CN(CCCCCO)C(=O)C2(C)c2[nH]c3ccccc3c21. The number of nitrogens with zero attached hydrogens (tertiary/aromatic N) is 2. The first kappa shape index (κ1) is 25.1. The quantitative estimate of drug-likeness (QED) is 0.432. The summed E-state index contributed by atoms with van der Waals surface area (Å²) in [6.45, 7) is 5.34. The number of aliphatic hydroxyl groups is 1. The number of aromatic nitrogens is 1. The van der Waals surface area contributed by atoms with Gasteiger partial charge in [0.05, 0.1) is 26.0 Å². The maximum atomic E-state index is 14.1. The lowest BCUT2D eigenvalue weighted by molar-refractivity contribution is -0.166. The third-order valence-electron chi connectivity index (χ3n) is 7.80. The van der Waals surface area contributed by atoms with Gasteiger partial charge in [-0.2, -0.15) is 0 Å². The summed E-state index contributed by atoms with van der Waals surface area (Å²) in [5, 5.41) is 10.1. The van der Waals surface area contributed by atoms with Crippen LogP contribution in [-0.4, -0.2) is 71.7 Å². The topological polar surface area (TPSA) is 95.1 Å². The number of rotatable bonds is 9. The van der Waals surface area contributed by atoms with E-state index in [0.717, 1.165) is 40.6 Å². The van der Waals surface area contributed by atoms with E-state index >= 15 is 0 Å². The Morgan fingerprint density at radius 1 is 1.11 bits per heavy atom. The standard InChI is InChI=1S/C29H35N3O5/c1-4-37-26-19(12-10-14-23(26)36-3)21-17-32-24(34)18-31(15-8-5-9-16-33)28(35)29(32,2)27-25(21)20-11-6-7-13-22(20)30-27/h6-7,10-14,21,30,33H,4-5,8-9,15-18H2,1-3H3. The minimum Gasteiger partial charge on any atom is -0.493 e. The van der Waals surface area contributed by atoms with Gasteiger partial charge in [0, 0.05) is 42.1 Å². The Bertz CT molecular complexity index is 1320. The van der Waals surface area contributed by atoms with Crippen molar-refractivity contribution in [2.45, 2.75) is 44.6 Å². The second kappa shape index (κ2) is 10.1. The van der Waals surface area contributed by atoms with Crippen molar-refractivity contribution in [2.24, 2.45) is 0 Å². The molecule has 2 atom stereocenters. The summed E-state index contributed by atoms with van der Waals surface area (Å²) in [6, 6.07) is 13.9. The zero-order valence-corrected chi connectivity index (χ0v) is 21.8. The third kappa shape index (κ3) is 4.03. The van der Waals surface area contributed by atoms with Gasteiger partial charge >= 0.3 is 0 Å². The molecule has 8 heteroatoms. The maximum Gasteiger partial charge on any atom is 0.254 e. The van der Waals surface area contributed by atoms with Crippen LogP contribution < -0.4 is 9.47 Å². The van der Waals surface area contributed by atoms with Crippen molar-refractivity contribution < 1.29 is 24.2 Å². The summed E-state index contributed by atoms with van der Waals surface area (Å²) in [7, 11) is 1.62. The minimum absolute atomic E-state index is 0.0618. The fourth-order valence-corrected chi connectivity index (χ4v) is 6.00. The van der Waals surface area contributed by atoms with Gasteiger partial charge in [0.2, 0.25) is 5.91 Å². The molecule has 1 saturated heterocycles. The molecule has 0 spiro atoms. The molecule has 1 aromatic heterocycles. The third-order valence-corrected chi connectivity index (χ3v) is 7.80. The van der Waals surface area contributed by atoms with Crippen molar-refractivity contribution in [1.29, 1.82) is 0 Å². The molecule has 2 unspecified atom stereocenters. The van der Waals surface area contributed by atoms with Gasteiger partial charge < -0.3 is 29.4 Å². The Kier molecular flexibility index (Phi) is 6.86. The Morgan fingerprint density at radius 2 is 1.92 bits per heavy atom. The van der Waals surface area contributed by atoms with E-state index in [4.69, 9.17) is 14.6 Å². The Morgan fingerprint density at radius 3 is 2.68 bits per heavy atom. The first-order chi connectivity index (χ1) is 17.9. The number of carbonyl (C=O) groups excluding carboxylic acids is 2. The smallest absolute Gasteiger partial charge is 0.254 e. The largest absolute Gasteiger partial charge is 0.493 e. The number of aliphatic hydroxyl groups excluding tert-OH is 1. The van der Waals surface area contributed by atoms with Crippen molar-refractivity contribution in [3.63, 3.8) is 0 Å². The molecule has 0 saturated carbocycles. The maximum absolute atomic E-state index is 14.1. The average Bonchev–Trinajstić information content (AvgIpc) is 3.31. The fourth-order valence-electron chi connectivity index (χ4n) is 6.00. The van der Waals surface area contributed by atoms with E-state index in [-0.39, 0.29) is 30.9 Å². The molecule has 0 radical (unpaired) electrons. The molecule has 0 bridgehead atoms. The van der Waals surface area contributed by atoms with Gasteiger partial charge in [-0.05, 0) is 50.8 Å². The predicted molar refractivity (Wildman–Crippen MR) is 141 cm³/mol. The summed E-state index contributed by atoms with van der Waals surface area (Å²) in [5.74, 6) is 0.962. The first-order valence-electron chi connectivity index (χ1n) is 13.1. The van der Waals surface area contributed by atoms with Gasteiger partial charge in [0.15, 0.2) is 17.0 Å². The van der Waals surface area contributed by atoms with Crippen LogP contribution in [0.4, 0.5) is 0 Å². The lowest BCUT2D eigenvalue weighted by atomic mass is 9.76. The number of piperazine rings is 1. The van der Waals surface area contributed by atoms with Crippen LogP contribution in [0, 0.1) is 0 Å². The number of benzene rings is 2. The van der Waals surface area contributed by atoms with Gasteiger partial charge in [0.25, 0.3) is 5.91 Å². The summed E-state index contributed by atoms with van der Waals surface area (Å²) in [5.41, 5.74) is 2.50. The molecule has 37 heavy (non-hydrogen) atoms. The molecular formula is C29H35N3O5. The number of carbonyl (C=O) groups is 2. The van der Waals surface area contributed by atoms with E-state index in [2.05, 4.69) is 11.1 Å². The Balaban J connectivity index is 1.66. The van der Waals surface area contributed by atoms with E-state index in [0.29, 0.717) is 37.6 Å². The highest BCUT2D eigenvalue weighted by Gasteiger charge is 2.56. The van der Waals surface area contributed by atoms with Gasteiger partial charge in [0.1, 0.15) is 0 Å². The lowest BCUT2D eigenvalue weighted by Crippen LogP contribution is -2.67. The van der Waals surface area contributed by atoms with E-state index in [1.807, 2.05) is 50.2 Å². The van der Waals surface area contributed by atoms with Crippen LogP contribution in [-0.2, 0) is 15.1 Å². The number of nitrogens with one attached hydrogen (secondary N) is 1. The van der Waals surface area contributed by atoms with E-state index in [1.165, 1.54) is 0 Å². The highest BCUT2D eigenvalue weighted by atomic mass is 16.5. The number of amides is 2. The van der Waals surface area contributed by atoms with Crippen LogP contribution in [0.5, 0.6) is 11.5 Å². The highest BCUT2D eigenvalue weighted by molar-refractivity contribution is 6.01. The van der Waals surface area contributed by atoms with Crippen molar-refractivity contribution in [1.82, 2.24) is 14.8 Å². The molecule has 2 aromatic carbocycles. The molecule has 196 valence electrons. The highest BCUT2D eigenvalue weighted by Crippen LogP contribution is 2.50. The molecule has 3 heterocycles. The van der Waals surface area contributed by atoms with E-state index in [9.17, 15) is 9.59 Å². The fraction of sp³-hybridized carbons (Fsp3) is 0.448. The molecule has 1 fully saturated rings. The monoisotopic (exact) mass is 505 g/mol. The molecule has 2 N–H and O–H groups in total. The predicted octanol–water partition coefficient (Wildman–Crippen LogP) is 3.77. The van der Waals surface area contributed by atoms with Crippen LogP contribution in [0.15, 0.2) is 42.5 Å². The van der Waals surface area contributed by atoms with E-state index < -0.39 is 5.54 Å². The number of hydrogen-bond donors (Lipinski definition) is 2. The molecule has 3 aromatic rings. The Hall–Kier alpha value is -3.52. The van der Waals surface area contributed by atoms with Crippen molar-refractivity contribution in [3.05, 3.63) is 59.3 Å². The first-order valence-corrected chi connectivity index (χ1v) is 13.1. The molecule has 2 aliphatic rings. The van der Waals surface area contributed by atoms with Crippen LogP contribution in [0.3, 0.4) is 0 Å². The molecule has 0 aliphatic carbocycles. The lowest BCUT2D eigenvalue weighted by Gasteiger charge is -2.51. The zero-order valence-electron chi connectivity index (χ0n) is 21.8. The molecule has 2 aliphatic heterocycles. The molecule has 5 rings (SSSR count).